The zero-order chi connectivity index (χ0) is 30.1. The van der Waals surface area contributed by atoms with Gasteiger partial charge >= 0.3 is 0 Å². The first-order chi connectivity index (χ1) is 22.1. The molecule has 8 aromatic rings. The molecule has 0 radical (unpaired) electrons. The van der Waals surface area contributed by atoms with E-state index < -0.39 is 0 Å². The number of benzene rings is 7. The fourth-order valence-electron chi connectivity index (χ4n) is 7.72. The number of nitrogens with zero attached hydrogens (tertiary/aromatic N) is 1. The maximum absolute atomic E-state index is 2.48. The van der Waals surface area contributed by atoms with E-state index in [1.54, 1.807) is 0 Å². The summed E-state index contributed by atoms with van der Waals surface area (Å²) < 4.78 is 2.66. The summed E-state index contributed by atoms with van der Waals surface area (Å²) in [7, 11) is 0. The van der Waals surface area contributed by atoms with Crippen LogP contribution in [0.4, 0.5) is 17.1 Å². The SMILES string of the molecule is CC1(C)c2ccccc2-c2c(-c3cccc4c3sc3ccccc34)c(N(c3ccccc3)c3ccccc3)c3ccccc3c21. The normalized spacial score (nSPS) is 13.3. The molecule has 0 saturated carbocycles. The van der Waals surface area contributed by atoms with Crippen molar-refractivity contribution in [2.24, 2.45) is 0 Å². The number of thiophene rings is 1. The van der Waals surface area contributed by atoms with Crippen LogP contribution in [-0.4, -0.2) is 0 Å². The van der Waals surface area contributed by atoms with Crippen molar-refractivity contribution in [3.05, 3.63) is 163 Å². The van der Waals surface area contributed by atoms with Crippen LogP contribution in [0.25, 0.3) is 53.2 Å². The molecule has 0 unspecified atom stereocenters. The smallest absolute Gasteiger partial charge is 0.0625 e. The number of rotatable bonds is 4. The van der Waals surface area contributed by atoms with Crippen molar-refractivity contribution in [3.8, 4) is 22.3 Å². The maximum atomic E-state index is 2.48. The molecule has 1 heterocycles. The first-order valence-electron chi connectivity index (χ1n) is 15.6. The van der Waals surface area contributed by atoms with Crippen molar-refractivity contribution >= 4 is 59.3 Å². The Morgan fingerprint density at radius 3 is 1.76 bits per heavy atom. The van der Waals surface area contributed by atoms with E-state index in [4.69, 9.17) is 0 Å². The second kappa shape index (κ2) is 9.92. The molecular weight excluding hydrogens is 563 g/mol. The average molecular weight is 594 g/mol. The van der Waals surface area contributed by atoms with Crippen LogP contribution in [0.2, 0.25) is 0 Å². The van der Waals surface area contributed by atoms with Gasteiger partial charge in [-0.15, -0.1) is 11.3 Å². The largest absolute Gasteiger partial charge is 0.309 e. The van der Waals surface area contributed by atoms with Gasteiger partial charge in [-0.2, -0.15) is 0 Å². The zero-order valence-electron chi connectivity index (χ0n) is 25.3. The Labute approximate surface area is 267 Å². The minimum atomic E-state index is -0.156. The quantitative estimate of drug-likeness (QED) is 0.196. The van der Waals surface area contributed by atoms with Gasteiger partial charge in [-0.3, -0.25) is 0 Å². The summed E-state index contributed by atoms with van der Waals surface area (Å²) in [4.78, 5) is 2.48. The predicted molar refractivity (Wildman–Crippen MR) is 195 cm³/mol. The Balaban J connectivity index is 1.54. The van der Waals surface area contributed by atoms with E-state index in [9.17, 15) is 0 Å². The molecule has 9 rings (SSSR count). The minimum Gasteiger partial charge on any atom is -0.309 e. The number of hydrogen-bond acceptors (Lipinski definition) is 2. The van der Waals surface area contributed by atoms with E-state index in [-0.39, 0.29) is 5.41 Å². The van der Waals surface area contributed by atoms with Crippen LogP contribution < -0.4 is 4.90 Å². The van der Waals surface area contributed by atoms with E-state index in [1.807, 2.05) is 11.3 Å². The van der Waals surface area contributed by atoms with Crippen LogP contribution in [0, 0.1) is 0 Å². The van der Waals surface area contributed by atoms with Crippen molar-refractivity contribution in [1.82, 2.24) is 0 Å². The standard InChI is InChI=1S/C43H31NS/c1-43(2)36-26-13-11-23-34(36)38-39(35-25-15-24-33-30-20-12-14-27-37(30)45-42(33)35)41(32-22-10-9-21-31(32)40(38)43)44(28-16-5-3-6-17-28)29-18-7-4-8-19-29/h3-27H,1-2H3. The molecular formula is C43H31NS. The average Bonchev–Trinajstić information content (AvgIpc) is 3.59. The molecule has 45 heavy (non-hydrogen) atoms. The maximum Gasteiger partial charge on any atom is 0.0625 e. The number of hydrogen-bond donors (Lipinski definition) is 0. The predicted octanol–water partition coefficient (Wildman–Crippen LogP) is 12.7. The Morgan fingerprint density at radius 1 is 0.467 bits per heavy atom. The first kappa shape index (κ1) is 26.2. The van der Waals surface area contributed by atoms with Gasteiger partial charge in [-0.05, 0) is 58.0 Å². The highest BCUT2D eigenvalue weighted by Crippen LogP contribution is 2.60. The van der Waals surface area contributed by atoms with Crippen LogP contribution >= 0.6 is 11.3 Å². The third-order valence-electron chi connectivity index (χ3n) is 9.61. The first-order valence-corrected chi connectivity index (χ1v) is 16.4. The lowest BCUT2D eigenvalue weighted by atomic mass is 9.78. The summed E-state index contributed by atoms with van der Waals surface area (Å²) in [6.07, 6.45) is 0. The van der Waals surface area contributed by atoms with Crippen LogP contribution in [0.5, 0.6) is 0 Å². The van der Waals surface area contributed by atoms with E-state index in [2.05, 4.69) is 170 Å². The Hall–Kier alpha value is -5.18. The third kappa shape index (κ3) is 3.79. The Bertz CT molecular complexity index is 2360. The van der Waals surface area contributed by atoms with Gasteiger partial charge in [0, 0.05) is 53.5 Å². The highest BCUT2D eigenvalue weighted by atomic mass is 32.1. The zero-order valence-corrected chi connectivity index (χ0v) is 26.1. The molecule has 1 nitrogen and oxygen atoms in total. The highest BCUT2D eigenvalue weighted by molar-refractivity contribution is 7.26. The van der Waals surface area contributed by atoms with Crippen molar-refractivity contribution in [3.63, 3.8) is 0 Å². The lowest BCUT2D eigenvalue weighted by Crippen LogP contribution is -2.17. The van der Waals surface area contributed by atoms with Gasteiger partial charge in [0.1, 0.15) is 0 Å². The second-order valence-electron chi connectivity index (χ2n) is 12.5. The molecule has 0 saturated heterocycles. The Morgan fingerprint density at radius 2 is 1.02 bits per heavy atom. The molecule has 214 valence electrons. The fraction of sp³-hybridized carbons (Fsp3) is 0.0698. The van der Waals surface area contributed by atoms with Gasteiger partial charge in [0.05, 0.1) is 5.69 Å². The van der Waals surface area contributed by atoms with E-state index in [1.165, 1.54) is 70.0 Å². The molecule has 0 atom stereocenters. The van der Waals surface area contributed by atoms with Crippen LogP contribution in [-0.2, 0) is 5.41 Å². The summed E-state index contributed by atoms with van der Waals surface area (Å²) in [6.45, 7) is 4.81. The van der Waals surface area contributed by atoms with Crippen LogP contribution in [0.15, 0.2) is 152 Å². The van der Waals surface area contributed by atoms with Crippen molar-refractivity contribution in [2.45, 2.75) is 19.3 Å². The molecule has 7 aromatic carbocycles. The van der Waals surface area contributed by atoms with Gasteiger partial charge in [0.15, 0.2) is 0 Å². The van der Waals surface area contributed by atoms with Crippen molar-refractivity contribution < 1.29 is 0 Å². The molecule has 1 aliphatic rings. The fourth-order valence-corrected chi connectivity index (χ4v) is 8.94. The summed E-state index contributed by atoms with van der Waals surface area (Å²) in [5.41, 5.74) is 11.4. The third-order valence-corrected chi connectivity index (χ3v) is 10.8. The summed E-state index contributed by atoms with van der Waals surface area (Å²) >= 11 is 1.91. The second-order valence-corrected chi connectivity index (χ2v) is 13.5. The van der Waals surface area contributed by atoms with Crippen molar-refractivity contribution in [2.75, 3.05) is 4.90 Å². The monoisotopic (exact) mass is 593 g/mol. The van der Waals surface area contributed by atoms with E-state index >= 15 is 0 Å². The molecule has 0 N–H and O–H groups in total. The van der Waals surface area contributed by atoms with E-state index in [0.29, 0.717) is 0 Å². The summed E-state index contributed by atoms with van der Waals surface area (Å²) in [5.74, 6) is 0. The molecule has 0 spiro atoms. The van der Waals surface area contributed by atoms with Crippen LogP contribution in [0.3, 0.4) is 0 Å². The van der Waals surface area contributed by atoms with E-state index in [0.717, 1.165) is 11.4 Å². The van der Waals surface area contributed by atoms with Gasteiger partial charge in [-0.1, -0.05) is 135 Å². The Kier molecular flexibility index (Phi) is 5.78. The minimum absolute atomic E-state index is 0.156. The van der Waals surface area contributed by atoms with Gasteiger partial charge in [0.25, 0.3) is 0 Å². The molecule has 0 bridgehead atoms. The number of anilines is 3. The van der Waals surface area contributed by atoms with Gasteiger partial charge < -0.3 is 4.90 Å². The lowest BCUT2D eigenvalue weighted by Gasteiger charge is -2.32. The molecule has 0 aliphatic heterocycles. The molecule has 1 aromatic heterocycles. The lowest BCUT2D eigenvalue weighted by molar-refractivity contribution is 0.666. The summed E-state index contributed by atoms with van der Waals surface area (Å²) in [5, 5.41) is 5.21. The number of fused-ring (bicyclic) bond motifs is 8. The van der Waals surface area contributed by atoms with Gasteiger partial charge in [0.2, 0.25) is 0 Å². The molecule has 2 heteroatoms. The number of para-hydroxylation sites is 2. The van der Waals surface area contributed by atoms with Gasteiger partial charge in [-0.25, -0.2) is 0 Å². The molecule has 0 fully saturated rings. The molecule has 1 aliphatic carbocycles. The van der Waals surface area contributed by atoms with Crippen molar-refractivity contribution in [1.29, 1.82) is 0 Å². The molecule has 0 amide bonds. The summed E-state index contributed by atoms with van der Waals surface area (Å²) in [6, 6.07) is 55.6. The topological polar surface area (TPSA) is 3.24 Å². The van der Waals surface area contributed by atoms with Crippen LogP contribution in [0.1, 0.15) is 25.0 Å². The highest BCUT2D eigenvalue weighted by Gasteiger charge is 2.41.